The van der Waals surface area contributed by atoms with Gasteiger partial charge >= 0.3 is 5.97 Å². The van der Waals surface area contributed by atoms with Crippen molar-refractivity contribution >= 4 is 50.6 Å². The normalized spacial score (nSPS) is 11.4. The van der Waals surface area contributed by atoms with Crippen LogP contribution in [0.5, 0.6) is 5.75 Å². The highest BCUT2D eigenvalue weighted by atomic mass is 35.5. The fraction of sp³-hybridized carbons (Fsp3) is 0.240. The van der Waals surface area contributed by atoms with E-state index in [-0.39, 0.29) is 23.7 Å². The molecule has 1 amide bonds. The van der Waals surface area contributed by atoms with Gasteiger partial charge in [-0.3, -0.25) is 4.79 Å². The molecule has 1 N–H and O–H groups in total. The van der Waals surface area contributed by atoms with Gasteiger partial charge in [0.2, 0.25) is 0 Å². The maximum absolute atomic E-state index is 12.7. The van der Waals surface area contributed by atoms with Crippen molar-refractivity contribution in [3.63, 3.8) is 0 Å². The number of benzene rings is 2. The molecule has 0 aliphatic heterocycles. The third-order valence-electron chi connectivity index (χ3n) is 5.22. The number of amides is 1. The zero-order chi connectivity index (χ0) is 24.5. The van der Waals surface area contributed by atoms with Gasteiger partial charge in [-0.2, -0.15) is 5.10 Å². The molecule has 34 heavy (non-hydrogen) atoms. The second-order valence-electron chi connectivity index (χ2n) is 8.69. The molecule has 2 aromatic heterocycles. The molecule has 7 nitrogen and oxygen atoms in total. The van der Waals surface area contributed by atoms with Crippen LogP contribution in [0.1, 0.15) is 46.5 Å². The van der Waals surface area contributed by atoms with E-state index in [1.54, 1.807) is 35.1 Å². The van der Waals surface area contributed by atoms with Crippen LogP contribution in [-0.2, 0) is 16.9 Å². The molecule has 0 atom stereocenters. The molecule has 4 aromatic rings. The number of carbonyl (C=O) groups excluding carboxylic acids is 2. The summed E-state index contributed by atoms with van der Waals surface area (Å²) in [5.74, 6) is -0.123. The van der Waals surface area contributed by atoms with Crippen LogP contribution < -0.4 is 10.1 Å². The number of thiophene rings is 1. The molecule has 0 aliphatic rings. The average Bonchev–Trinajstić information content (AvgIpc) is 3.41. The SMILES string of the molecule is COC(=O)c1sc2cc(NC(=O)c3ccn(COc4ccc(C(C)(C)C)cc4)n3)ccc2c1Cl. The second kappa shape index (κ2) is 9.48. The maximum Gasteiger partial charge on any atom is 0.349 e. The number of hydrogen-bond donors (Lipinski definition) is 1. The Morgan fingerprint density at radius 2 is 1.85 bits per heavy atom. The summed E-state index contributed by atoms with van der Waals surface area (Å²) in [6.07, 6.45) is 1.68. The lowest BCUT2D eigenvalue weighted by Crippen LogP contribution is -2.14. The molecule has 0 radical (unpaired) electrons. The smallest absolute Gasteiger partial charge is 0.349 e. The number of fused-ring (bicyclic) bond motifs is 1. The van der Waals surface area contributed by atoms with E-state index in [0.717, 1.165) is 15.8 Å². The largest absolute Gasteiger partial charge is 0.471 e. The zero-order valence-corrected chi connectivity index (χ0v) is 20.8. The summed E-state index contributed by atoms with van der Waals surface area (Å²) in [7, 11) is 1.31. The Labute approximate surface area is 206 Å². The van der Waals surface area contributed by atoms with E-state index in [2.05, 4.69) is 31.2 Å². The van der Waals surface area contributed by atoms with Gasteiger partial charge in [-0.15, -0.1) is 11.3 Å². The minimum absolute atomic E-state index is 0.0761. The van der Waals surface area contributed by atoms with Crippen molar-refractivity contribution in [1.82, 2.24) is 9.78 Å². The van der Waals surface area contributed by atoms with Crippen molar-refractivity contribution in [3.8, 4) is 5.75 Å². The minimum atomic E-state index is -0.491. The number of ether oxygens (including phenoxy) is 2. The Bertz CT molecular complexity index is 1350. The first-order valence-corrected chi connectivity index (χ1v) is 11.7. The first-order valence-electron chi connectivity index (χ1n) is 10.5. The van der Waals surface area contributed by atoms with Crippen molar-refractivity contribution in [3.05, 3.63) is 75.9 Å². The molecule has 0 bridgehead atoms. The number of methoxy groups -OCH3 is 1. The summed E-state index contributed by atoms with van der Waals surface area (Å²) in [5.41, 5.74) is 2.12. The molecule has 0 spiro atoms. The number of hydrogen-bond acceptors (Lipinski definition) is 6. The van der Waals surface area contributed by atoms with E-state index in [9.17, 15) is 9.59 Å². The van der Waals surface area contributed by atoms with Gasteiger partial charge < -0.3 is 14.8 Å². The Kier molecular flexibility index (Phi) is 6.63. The first kappa shape index (κ1) is 23.8. The zero-order valence-electron chi connectivity index (χ0n) is 19.2. The van der Waals surface area contributed by atoms with Crippen molar-refractivity contribution in [2.75, 3.05) is 12.4 Å². The van der Waals surface area contributed by atoms with Crippen LogP contribution in [0.2, 0.25) is 5.02 Å². The molecule has 2 aromatic carbocycles. The van der Waals surface area contributed by atoms with E-state index in [4.69, 9.17) is 21.1 Å². The van der Waals surface area contributed by atoms with Gasteiger partial charge in [-0.1, -0.05) is 44.5 Å². The molecule has 0 unspecified atom stereocenters. The van der Waals surface area contributed by atoms with Crippen LogP contribution in [0.15, 0.2) is 54.7 Å². The van der Waals surface area contributed by atoms with Gasteiger partial charge in [0.15, 0.2) is 12.4 Å². The van der Waals surface area contributed by atoms with Gasteiger partial charge in [-0.25, -0.2) is 9.48 Å². The van der Waals surface area contributed by atoms with Crippen LogP contribution in [0.3, 0.4) is 0 Å². The number of nitrogens with zero attached hydrogens (tertiary/aromatic N) is 2. The lowest BCUT2D eigenvalue weighted by atomic mass is 9.87. The molecule has 0 saturated carbocycles. The van der Waals surface area contributed by atoms with E-state index in [0.29, 0.717) is 15.6 Å². The summed E-state index contributed by atoms with van der Waals surface area (Å²) in [6.45, 7) is 6.66. The topological polar surface area (TPSA) is 82.5 Å². The number of rotatable bonds is 6. The first-order chi connectivity index (χ1) is 16.2. The standard InChI is InChI=1S/C25H24ClN3O4S/c1-25(2,3)15-5-8-17(9-6-15)33-14-29-12-11-19(28-29)23(30)27-16-7-10-18-20(13-16)34-22(21(18)26)24(31)32-4/h5-13H,14H2,1-4H3,(H,27,30). The molecule has 0 saturated heterocycles. The number of aromatic nitrogens is 2. The Morgan fingerprint density at radius 1 is 1.12 bits per heavy atom. The fourth-order valence-corrected chi connectivity index (χ4v) is 4.77. The van der Waals surface area contributed by atoms with Gasteiger partial charge in [-0.05, 0) is 47.4 Å². The molecule has 176 valence electrons. The van der Waals surface area contributed by atoms with Crippen LogP contribution in [0.25, 0.3) is 10.1 Å². The van der Waals surface area contributed by atoms with Gasteiger partial charge in [0.05, 0.1) is 12.1 Å². The summed E-state index contributed by atoms with van der Waals surface area (Å²) >= 11 is 7.50. The molecule has 0 fully saturated rings. The predicted octanol–water partition coefficient (Wildman–Crippen LogP) is 6.12. The Morgan fingerprint density at radius 3 is 2.53 bits per heavy atom. The number of carbonyl (C=O) groups is 2. The van der Waals surface area contributed by atoms with E-state index in [1.807, 2.05) is 24.3 Å². The monoisotopic (exact) mass is 497 g/mol. The fourth-order valence-electron chi connectivity index (χ4n) is 3.31. The summed E-state index contributed by atoms with van der Waals surface area (Å²) < 4.78 is 12.9. The summed E-state index contributed by atoms with van der Waals surface area (Å²) in [4.78, 5) is 24.9. The van der Waals surface area contributed by atoms with E-state index < -0.39 is 5.97 Å². The van der Waals surface area contributed by atoms with Crippen molar-refractivity contribution < 1.29 is 19.1 Å². The molecule has 0 aliphatic carbocycles. The predicted molar refractivity (Wildman–Crippen MR) is 134 cm³/mol. The van der Waals surface area contributed by atoms with Crippen LogP contribution in [0, 0.1) is 0 Å². The minimum Gasteiger partial charge on any atom is -0.471 e. The average molecular weight is 498 g/mol. The second-order valence-corrected chi connectivity index (χ2v) is 10.1. The van der Waals surface area contributed by atoms with Crippen LogP contribution >= 0.6 is 22.9 Å². The quantitative estimate of drug-likeness (QED) is 0.324. The van der Waals surface area contributed by atoms with Gasteiger partial charge in [0, 0.05) is 22.0 Å². The highest BCUT2D eigenvalue weighted by Gasteiger charge is 2.18. The highest BCUT2D eigenvalue weighted by molar-refractivity contribution is 7.21. The van der Waals surface area contributed by atoms with Crippen LogP contribution in [-0.4, -0.2) is 28.8 Å². The number of halogens is 1. The third kappa shape index (κ3) is 5.08. The molecule has 2 heterocycles. The van der Waals surface area contributed by atoms with E-state index in [1.165, 1.54) is 24.0 Å². The van der Waals surface area contributed by atoms with Crippen LogP contribution in [0.4, 0.5) is 5.69 Å². The molecular formula is C25H24ClN3O4S. The van der Waals surface area contributed by atoms with Gasteiger partial charge in [0.25, 0.3) is 5.91 Å². The highest BCUT2D eigenvalue weighted by Crippen LogP contribution is 2.37. The summed E-state index contributed by atoms with van der Waals surface area (Å²) in [5, 5.41) is 8.18. The molecule has 9 heteroatoms. The number of anilines is 1. The lowest BCUT2D eigenvalue weighted by molar-refractivity contribution is 0.0606. The summed E-state index contributed by atoms with van der Waals surface area (Å²) in [6, 6.07) is 14.8. The number of nitrogens with one attached hydrogen (secondary N) is 1. The van der Waals surface area contributed by atoms with Gasteiger partial charge in [0.1, 0.15) is 10.6 Å². The molecule has 4 rings (SSSR count). The Hall–Kier alpha value is -3.36. The Balaban J connectivity index is 1.40. The van der Waals surface area contributed by atoms with Crippen molar-refractivity contribution in [2.24, 2.45) is 0 Å². The third-order valence-corrected chi connectivity index (χ3v) is 6.85. The molecular weight excluding hydrogens is 474 g/mol. The van der Waals surface area contributed by atoms with Crippen molar-refractivity contribution in [1.29, 1.82) is 0 Å². The maximum atomic E-state index is 12.7. The van der Waals surface area contributed by atoms with Crippen molar-refractivity contribution in [2.45, 2.75) is 32.9 Å². The lowest BCUT2D eigenvalue weighted by Gasteiger charge is -2.19. The van der Waals surface area contributed by atoms with E-state index >= 15 is 0 Å². The number of esters is 1.